The van der Waals surface area contributed by atoms with E-state index in [4.69, 9.17) is 11.6 Å². The van der Waals surface area contributed by atoms with Gasteiger partial charge in [0, 0.05) is 12.4 Å². The van der Waals surface area contributed by atoms with Crippen LogP contribution >= 0.6 is 22.9 Å². The number of thiophene rings is 1. The molecule has 1 aromatic heterocycles. The molecule has 0 atom stereocenters. The molecule has 94 valence electrons. The van der Waals surface area contributed by atoms with Crippen molar-refractivity contribution < 1.29 is 4.79 Å². The summed E-state index contributed by atoms with van der Waals surface area (Å²) >= 11 is 7.31. The Balaban J connectivity index is 1.90. The number of halogens is 1. The number of hydrogen-bond acceptors (Lipinski definition) is 2. The summed E-state index contributed by atoms with van der Waals surface area (Å²) in [4.78, 5) is 12.9. The minimum Gasteiger partial charge on any atom is -0.351 e. The van der Waals surface area contributed by atoms with Crippen LogP contribution < -0.4 is 5.32 Å². The normalized spacial score (nSPS) is 16.8. The minimum absolute atomic E-state index is 0.0812. The van der Waals surface area contributed by atoms with Crippen molar-refractivity contribution in [3.63, 3.8) is 0 Å². The van der Waals surface area contributed by atoms with Gasteiger partial charge in [-0.1, -0.05) is 6.92 Å². The zero-order valence-electron chi connectivity index (χ0n) is 10.1. The summed E-state index contributed by atoms with van der Waals surface area (Å²) in [5.41, 5.74) is 1.45. The van der Waals surface area contributed by atoms with Crippen molar-refractivity contribution in [2.45, 2.75) is 32.6 Å². The van der Waals surface area contributed by atoms with Crippen LogP contribution in [0.25, 0.3) is 0 Å². The molecule has 1 saturated carbocycles. The van der Waals surface area contributed by atoms with Gasteiger partial charge in [0.1, 0.15) is 0 Å². The van der Waals surface area contributed by atoms with Gasteiger partial charge in [-0.25, -0.2) is 0 Å². The molecule has 0 aliphatic heterocycles. The lowest BCUT2D eigenvalue weighted by molar-refractivity contribution is 0.0947. The van der Waals surface area contributed by atoms with E-state index in [-0.39, 0.29) is 5.91 Å². The van der Waals surface area contributed by atoms with Gasteiger partial charge in [0.05, 0.1) is 4.88 Å². The highest BCUT2D eigenvalue weighted by Crippen LogP contribution is 2.48. The Morgan fingerprint density at radius 1 is 1.59 bits per heavy atom. The van der Waals surface area contributed by atoms with Crippen molar-refractivity contribution in [1.29, 1.82) is 0 Å². The first kappa shape index (κ1) is 12.9. The highest BCUT2D eigenvalue weighted by Gasteiger charge is 2.41. The van der Waals surface area contributed by atoms with Crippen molar-refractivity contribution >= 4 is 28.8 Å². The van der Waals surface area contributed by atoms with Gasteiger partial charge in [0.15, 0.2) is 0 Å². The first-order chi connectivity index (χ1) is 8.21. The first-order valence-electron chi connectivity index (χ1n) is 6.11. The Morgan fingerprint density at radius 2 is 2.35 bits per heavy atom. The number of hydrogen-bond donors (Lipinski definition) is 1. The monoisotopic (exact) mass is 271 g/mol. The minimum atomic E-state index is 0.0812. The smallest absolute Gasteiger partial charge is 0.261 e. The number of amides is 1. The highest BCUT2D eigenvalue weighted by molar-refractivity contribution is 7.12. The molecule has 1 aliphatic carbocycles. The molecule has 17 heavy (non-hydrogen) atoms. The summed E-state index contributed by atoms with van der Waals surface area (Å²) in [6, 6.07) is 2.03. The molecule has 0 bridgehead atoms. The van der Waals surface area contributed by atoms with Crippen molar-refractivity contribution in [2.75, 3.05) is 12.4 Å². The number of alkyl halides is 1. The molecule has 2 rings (SSSR count). The molecule has 0 spiro atoms. The second kappa shape index (κ2) is 5.40. The molecular formula is C13H18ClNOS. The number of aryl methyl sites for hydroxylation is 1. The molecule has 1 heterocycles. The lowest BCUT2D eigenvalue weighted by Gasteiger charge is -2.14. The summed E-state index contributed by atoms with van der Waals surface area (Å²) in [5.74, 6) is 0.771. The standard InChI is InChI=1S/C13H18ClNOS/c1-2-10-3-8-17-11(10)12(16)15-9-13(4-5-13)6-7-14/h3,8H,2,4-7,9H2,1H3,(H,15,16). The van der Waals surface area contributed by atoms with Crippen LogP contribution in [0.4, 0.5) is 0 Å². The molecule has 0 unspecified atom stereocenters. The van der Waals surface area contributed by atoms with Crippen LogP contribution in [0.3, 0.4) is 0 Å². The number of carbonyl (C=O) groups is 1. The predicted octanol–water partition coefficient (Wildman–Crippen LogP) is 3.45. The fourth-order valence-electron chi connectivity index (χ4n) is 2.05. The van der Waals surface area contributed by atoms with Gasteiger partial charge in [-0.2, -0.15) is 0 Å². The molecule has 2 nitrogen and oxygen atoms in total. The van der Waals surface area contributed by atoms with E-state index in [1.807, 2.05) is 11.4 Å². The third kappa shape index (κ3) is 3.02. The van der Waals surface area contributed by atoms with Crippen molar-refractivity contribution in [2.24, 2.45) is 5.41 Å². The summed E-state index contributed by atoms with van der Waals surface area (Å²) in [5, 5.41) is 5.05. The average molecular weight is 272 g/mol. The summed E-state index contributed by atoms with van der Waals surface area (Å²) in [7, 11) is 0. The lowest BCUT2D eigenvalue weighted by Crippen LogP contribution is -2.30. The van der Waals surface area contributed by atoms with E-state index in [1.165, 1.54) is 24.2 Å². The Bertz CT molecular complexity index is 398. The molecule has 1 aliphatic rings. The van der Waals surface area contributed by atoms with E-state index < -0.39 is 0 Å². The van der Waals surface area contributed by atoms with Gasteiger partial charge in [-0.05, 0) is 48.1 Å². The maximum absolute atomic E-state index is 12.0. The summed E-state index contributed by atoms with van der Waals surface area (Å²) in [6.45, 7) is 2.86. The second-order valence-corrected chi connectivity index (χ2v) is 6.04. The van der Waals surface area contributed by atoms with Gasteiger partial charge < -0.3 is 5.32 Å². The predicted molar refractivity (Wildman–Crippen MR) is 73.0 cm³/mol. The number of rotatable bonds is 6. The number of nitrogens with one attached hydrogen (secondary N) is 1. The molecule has 1 amide bonds. The Hall–Kier alpha value is -0.540. The van der Waals surface area contributed by atoms with Crippen LogP contribution in [-0.4, -0.2) is 18.3 Å². The van der Waals surface area contributed by atoms with Gasteiger partial charge >= 0.3 is 0 Å². The second-order valence-electron chi connectivity index (χ2n) is 4.75. The molecule has 1 aromatic rings. The Kier molecular flexibility index (Phi) is 4.10. The van der Waals surface area contributed by atoms with Crippen LogP contribution in [0, 0.1) is 5.41 Å². The van der Waals surface area contributed by atoms with Gasteiger partial charge in [-0.15, -0.1) is 22.9 Å². The van der Waals surface area contributed by atoms with Crippen LogP contribution in [0.2, 0.25) is 0 Å². The van der Waals surface area contributed by atoms with E-state index in [9.17, 15) is 4.79 Å². The Labute approximate surface area is 111 Å². The van der Waals surface area contributed by atoms with E-state index in [0.717, 1.165) is 29.8 Å². The van der Waals surface area contributed by atoms with Crippen molar-refractivity contribution in [3.05, 3.63) is 21.9 Å². The summed E-state index contributed by atoms with van der Waals surface area (Å²) < 4.78 is 0. The lowest BCUT2D eigenvalue weighted by atomic mass is 10.0. The first-order valence-corrected chi connectivity index (χ1v) is 7.53. The average Bonchev–Trinajstić information content (AvgIpc) is 2.93. The quantitative estimate of drug-likeness (QED) is 0.789. The molecule has 0 saturated heterocycles. The van der Waals surface area contributed by atoms with E-state index in [1.54, 1.807) is 0 Å². The van der Waals surface area contributed by atoms with Gasteiger partial charge in [0.2, 0.25) is 0 Å². The van der Waals surface area contributed by atoms with Crippen LogP contribution in [-0.2, 0) is 6.42 Å². The largest absolute Gasteiger partial charge is 0.351 e. The fraction of sp³-hybridized carbons (Fsp3) is 0.615. The third-order valence-corrected chi connectivity index (χ3v) is 4.68. The van der Waals surface area contributed by atoms with Crippen LogP contribution in [0.5, 0.6) is 0 Å². The van der Waals surface area contributed by atoms with Gasteiger partial charge in [-0.3, -0.25) is 4.79 Å². The SMILES string of the molecule is CCc1ccsc1C(=O)NCC1(CCCl)CC1. The van der Waals surface area contributed by atoms with Crippen LogP contribution in [0.15, 0.2) is 11.4 Å². The number of carbonyl (C=O) groups excluding carboxylic acids is 1. The highest BCUT2D eigenvalue weighted by atomic mass is 35.5. The molecule has 0 aromatic carbocycles. The molecule has 1 fully saturated rings. The van der Waals surface area contributed by atoms with Crippen molar-refractivity contribution in [3.8, 4) is 0 Å². The fourth-order valence-corrected chi connectivity index (χ4v) is 3.37. The molecular weight excluding hydrogens is 254 g/mol. The van der Waals surface area contributed by atoms with Gasteiger partial charge in [0.25, 0.3) is 5.91 Å². The van der Waals surface area contributed by atoms with Crippen LogP contribution in [0.1, 0.15) is 41.4 Å². The summed E-state index contributed by atoms with van der Waals surface area (Å²) in [6.07, 6.45) is 4.33. The zero-order valence-corrected chi connectivity index (χ0v) is 11.7. The van der Waals surface area contributed by atoms with Crippen molar-refractivity contribution in [1.82, 2.24) is 5.32 Å². The zero-order chi connectivity index (χ0) is 12.3. The molecule has 4 heteroatoms. The molecule has 1 N–H and O–H groups in total. The Morgan fingerprint density at radius 3 is 2.94 bits per heavy atom. The molecule has 0 radical (unpaired) electrons. The van der Waals surface area contributed by atoms with E-state index in [0.29, 0.717) is 11.3 Å². The van der Waals surface area contributed by atoms with E-state index in [2.05, 4.69) is 12.2 Å². The maximum Gasteiger partial charge on any atom is 0.261 e. The topological polar surface area (TPSA) is 29.1 Å². The third-order valence-electron chi connectivity index (χ3n) is 3.54. The van der Waals surface area contributed by atoms with E-state index >= 15 is 0 Å². The maximum atomic E-state index is 12.0.